The maximum atomic E-state index is 9.01. The van der Waals surface area contributed by atoms with Crippen molar-refractivity contribution >= 4 is 0 Å². The smallest absolute Gasteiger partial charge is 0.0946 e. The van der Waals surface area contributed by atoms with Crippen LogP contribution >= 0.6 is 0 Å². The van der Waals surface area contributed by atoms with Crippen LogP contribution in [-0.2, 0) is 6.54 Å². The Morgan fingerprint density at radius 2 is 2.25 bits per heavy atom. The number of aliphatic hydroxyl groups is 1. The van der Waals surface area contributed by atoms with Gasteiger partial charge in [0.2, 0.25) is 0 Å². The van der Waals surface area contributed by atoms with Crippen molar-refractivity contribution in [3.8, 4) is 0 Å². The van der Waals surface area contributed by atoms with Crippen LogP contribution in [0.5, 0.6) is 0 Å². The van der Waals surface area contributed by atoms with Gasteiger partial charge in [0, 0.05) is 38.6 Å². The van der Waals surface area contributed by atoms with E-state index in [1.165, 1.54) is 0 Å². The van der Waals surface area contributed by atoms with Crippen LogP contribution in [0.25, 0.3) is 0 Å². The Morgan fingerprint density at radius 3 is 2.83 bits per heavy atom. The number of rotatable bonds is 3. The fourth-order valence-corrected chi connectivity index (χ4v) is 1.40. The lowest BCUT2D eigenvalue weighted by Gasteiger charge is -2.35. The van der Waals surface area contributed by atoms with Gasteiger partial charge < -0.3 is 9.67 Å². The first kappa shape index (κ1) is 7.76. The van der Waals surface area contributed by atoms with Crippen LogP contribution in [0, 0.1) is 0 Å². The average Bonchev–Trinajstić information content (AvgIpc) is 2.47. The molecular formula is C8H13N3O. The molecule has 1 aromatic rings. The maximum absolute atomic E-state index is 9.01. The summed E-state index contributed by atoms with van der Waals surface area (Å²) in [5, 5.41) is 9.01. The molecule has 0 bridgehead atoms. The number of imidazole rings is 1. The molecule has 0 spiro atoms. The lowest BCUT2D eigenvalue weighted by Crippen LogP contribution is -2.51. The first-order valence-electron chi connectivity index (χ1n) is 4.21. The molecule has 0 aliphatic carbocycles. The predicted molar refractivity (Wildman–Crippen MR) is 44.7 cm³/mol. The topological polar surface area (TPSA) is 41.3 Å². The van der Waals surface area contributed by atoms with E-state index in [0.29, 0.717) is 0 Å². The molecule has 0 amide bonds. The number of aliphatic hydroxyl groups excluding tert-OH is 1. The Kier molecular flexibility index (Phi) is 2.10. The Labute approximate surface area is 71.4 Å². The van der Waals surface area contributed by atoms with E-state index in [-0.39, 0.29) is 6.10 Å². The lowest BCUT2D eigenvalue weighted by molar-refractivity contribution is 0.000540. The maximum Gasteiger partial charge on any atom is 0.0946 e. The highest BCUT2D eigenvalue weighted by Gasteiger charge is 2.23. The van der Waals surface area contributed by atoms with Gasteiger partial charge in [0.1, 0.15) is 0 Å². The molecule has 1 saturated heterocycles. The third-order valence-corrected chi connectivity index (χ3v) is 2.17. The van der Waals surface area contributed by atoms with Gasteiger partial charge in [0.15, 0.2) is 0 Å². The van der Waals surface area contributed by atoms with Gasteiger partial charge >= 0.3 is 0 Å². The largest absolute Gasteiger partial charge is 0.390 e. The van der Waals surface area contributed by atoms with Gasteiger partial charge in [-0.3, -0.25) is 4.90 Å². The summed E-state index contributed by atoms with van der Waals surface area (Å²) in [6.45, 7) is 3.63. The van der Waals surface area contributed by atoms with Crippen LogP contribution in [0.4, 0.5) is 0 Å². The zero-order valence-electron chi connectivity index (χ0n) is 6.93. The van der Waals surface area contributed by atoms with Gasteiger partial charge in [-0.15, -0.1) is 0 Å². The van der Waals surface area contributed by atoms with Gasteiger partial charge in [-0.25, -0.2) is 4.98 Å². The molecule has 1 aliphatic rings. The second-order valence-corrected chi connectivity index (χ2v) is 3.21. The first-order valence-corrected chi connectivity index (χ1v) is 4.21. The highest BCUT2D eigenvalue weighted by atomic mass is 16.3. The van der Waals surface area contributed by atoms with Crippen LogP contribution in [0.15, 0.2) is 18.7 Å². The molecule has 0 atom stereocenters. The van der Waals surface area contributed by atoms with Crippen molar-refractivity contribution in [2.45, 2.75) is 12.6 Å². The molecule has 0 unspecified atom stereocenters. The third-order valence-electron chi connectivity index (χ3n) is 2.17. The van der Waals surface area contributed by atoms with Crippen molar-refractivity contribution in [2.24, 2.45) is 0 Å². The van der Waals surface area contributed by atoms with Crippen molar-refractivity contribution in [1.82, 2.24) is 14.5 Å². The molecule has 4 heteroatoms. The summed E-state index contributed by atoms with van der Waals surface area (Å²) in [6.07, 6.45) is 5.46. The van der Waals surface area contributed by atoms with E-state index in [1.54, 1.807) is 6.20 Å². The van der Waals surface area contributed by atoms with Crippen LogP contribution in [0.1, 0.15) is 0 Å². The van der Waals surface area contributed by atoms with Gasteiger partial charge in [-0.05, 0) is 0 Å². The normalized spacial score (nSPS) is 19.4. The molecule has 1 aliphatic heterocycles. The fraction of sp³-hybridized carbons (Fsp3) is 0.625. The Balaban J connectivity index is 1.70. The van der Waals surface area contributed by atoms with Crippen molar-refractivity contribution in [1.29, 1.82) is 0 Å². The molecule has 1 aromatic heterocycles. The summed E-state index contributed by atoms with van der Waals surface area (Å²) in [4.78, 5) is 6.18. The van der Waals surface area contributed by atoms with E-state index in [9.17, 15) is 0 Å². The number of aromatic nitrogens is 2. The van der Waals surface area contributed by atoms with Gasteiger partial charge in [-0.2, -0.15) is 0 Å². The summed E-state index contributed by atoms with van der Waals surface area (Å²) in [5.41, 5.74) is 0. The van der Waals surface area contributed by atoms with Crippen LogP contribution in [-0.4, -0.2) is 45.3 Å². The molecule has 2 rings (SSSR count). The molecule has 0 aromatic carbocycles. The summed E-state index contributed by atoms with van der Waals surface area (Å²) in [5.74, 6) is 0. The Morgan fingerprint density at radius 1 is 1.42 bits per heavy atom. The van der Waals surface area contributed by atoms with E-state index < -0.39 is 0 Å². The third kappa shape index (κ3) is 1.65. The standard InChI is InChI=1S/C8H13N3O/c12-8-5-11(6-8)4-3-10-2-1-9-7-10/h1-2,7-8,12H,3-6H2. The Hall–Kier alpha value is -0.870. The minimum absolute atomic E-state index is 0.0900. The number of hydrogen-bond acceptors (Lipinski definition) is 3. The van der Waals surface area contributed by atoms with Crippen LogP contribution in [0.2, 0.25) is 0 Å². The Bertz CT molecular complexity index is 228. The van der Waals surface area contributed by atoms with E-state index in [2.05, 4.69) is 9.88 Å². The minimum Gasteiger partial charge on any atom is -0.390 e. The quantitative estimate of drug-likeness (QED) is 0.663. The highest BCUT2D eigenvalue weighted by Crippen LogP contribution is 2.06. The van der Waals surface area contributed by atoms with E-state index >= 15 is 0 Å². The summed E-state index contributed by atoms with van der Waals surface area (Å²) in [7, 11) is 0. The van der Waals surface area contributed by atoms with Crippen LogP contribution < -0.4 is 0 Å². The molecule has 2 heterocycles. The SMILES string of the molecule is OC1CN(CCn2ccnc2)C1. The summed E-state index contributed by atoms with van der Waals surface area (Å²) >= 11 is 0. The average molecular weight is 167 g/mol. The second kappa shape index (κ2) is 3.25. The molecule has 0 radical (unpaired) electrons. The van der Waals surface area contributed by atoms with Crippen LogP contribution in [0.3, 0.4) is 0 Å². The molecule has 1 fully saturated rings. The van der Waals surface area contributed by atoms with E-state index in [0.717, 1.165) is 26.2 Å². The summed E-state index contributed by atoms with van der Waals surface area (Å²) in [6, 6.07) is 0. The van der Waals surface area contributed by atoms with Gasteiger partial charge in [0.05, 0.1) is 12.4 Å². The van der Waals surface area contributed by atoms with Crippen molar-refractivity contribution in [3.63, 3.8) is 0 Å². The first-order chi connectivity index (χ1) is 5.84. The number of hydrogen-bond donors (Lipinski definition) is 1. The predicted octanol–water partition coefficient (Wildman–Crippen LogP) is -0.440. The molecular weight excluding hydrogens is 154 g/mol. The molecule has 4 nitrogen and oxygen atoms in total. The van der Waals surface area contributed by atoms with E-state index in [4.69, 9.17) is 5.11 Å². The molecule has 12 heavy (non-hydrogen) atoms. The van der Waals surface area contributed by atoms with Gasteiger partial charge in [0.25, 0.3) is 0 Å². The lowest BCUT2D eigenvalue weighted by atomic mass is 10.2. The monoisotopic (exact) mass is 167 g/mol. The molecule has 66 valence electrons. The zero-order chi connectivity index (χ0) is 8.39. The number of likely N-dealkylation sites (tertiary alicyclic amines) is 1. The van der Waals surface area contributed by atoms with Crippen molar-refractivity contribution in [3.05, 3.63) is 18.7 Å². The van der Waals surface area contributed by atoms with Crippen molar-refractivity contribution < 1.29 is 5.11 Å². The fourth-order valence-electron chi connectivity index (χ4n) is 1.40. The van der Waals surface area contributed by atoms with E-state index in [1.807, 2.05) is 17.1 Å². The zero-order valence-corrected chi connectivity index (χ0v) is 6.93. The van der Waals surface area contributed by atoms with Crippen molar-refractivity contribution in [2.75, 3.05) is 19.6 Å². The minimum atomic E-state index is -0.0900. The number of β-amino-alcohol motifs (C(OH)–C–C–N with tert-alkyl or cyclic N) is 1. The highest BCUT2D eigenvalue weighted by molar-refractivity contribution is 4.80. The van der Waals surface area contributed by atoms with Gasteiger partial charge in [-0.1, -0.05) is 0 Å². The number of nitrogens with zero attached hydrogens (tertiary/aromatic N) is 3. The molecule has 1 N–H and O–H groups in total. The second-order valence-electron chi connectivity index (χ2n) is 3.21. The summed E-state index contributed by atoms with van der Waals surface area (Å²) < 4.78 is 2.05. The molecule has 0 saturated carbocycles.